The molecule has 18 heavy (non-hydrogen) atoms. The number of hydrogen-bond donors (Lipinski definition) is 0. The molecule has 2 aromatic carbocycles. The monoisotopic (exact) mass is 236 g/mol. The molecular weight excluding hydrogens is 220 g/mol. The van der Waals surface area contributed by atoms with Crippen molar-refractivity contribution in [3.8, 4) is 0 Å². The number of carbonyl (C=O) groups is 1. The third-order valence-corrected chi connectivity index (χ3v) is 3.74. The maximum atomic E-state index is 12.0. The van der Waals surface area contributed by atoms with Gasteiger partial charge in [0.2, 0.25) is 0 Å². The van der Waals surface area contributed by atoms with E-state index in [-0.39, 0.29) is 5.78 Å². The van der Waals surface area contributed by atoms with Gasteiger partial charge in [-0.2, -0.15) is 0 Å². The average molecular weight is 236 g/mol. The fourth-order valence-corrected chi connectivity index (χ4v) is 2.61. The van der Waals surface area contributed by atoms with Crippen LogP contribution >= 0.6 is 0 Å². The summed E-state index contributed by atoms with van der Waals surface area (Å²) in [6.45, 7) is 2.14. The lowest BCUT2D eigenvalue weighted by molar-refractivity contribution is -0.113. The van der Waals surface area contributed by atoms with Gasteiger partial charge < -0.3 is 0 Å². The van der Waals surface area contributed by atoms with Crippen LogP contribution in [0.3, 0.4) is 0 Å². The number of Topliss-reactive ketones (excluding diaryl/α,β-unsaturated/α-hetero) is 1. The van der Waals surface area contributed by atoms with E-state index >= 15 is 0 Å². The molecule has 1 nitrogen and oxygen atoms in total. The Balaban J connectivity index is 2.07. The van der Waals surface area contributed by atoms with Gasteiger partial charge in [0.05, 0.1) is 0 Å². The highest BCUT2D eigenvalue weighted by molar-refractivity contribution is 6.23. The van der Waals surface area contributed by atoms with Gasteiger partial charge in [0.1, 0.15) is 0 Å². The zero-order valence-electron chi connectivity index (χ0n) is 10.5. The highest BCUT2D eigenvalue weighted by Crippen LogP contribution is 2.31. The minimum atomic E-state index is 0.289. The molecule has 0 aliphatic heterocycles. The highest BCUT2D eigenvalue weighted by atomic mass is 16.1. The standard InChI is InChI=1S/C17H16O/c1-2-12-9-16(17(18)10-12)15-8-7-13-5-3-4-6-14(13)11-15/h3-9,11-12H,2,10H2,1H3/t12-/m0/s1. The van der Waals surface area contributed by atoms with E-state index in [9.17, 15) is 4.79 Å². The lowest BCUT2D eigenvalue weighted by Crippen LogP contribution is -1.97. The molecule has 0 unspecified atom stereocenters. The van der Waals surface area contributed by atoms with E-state index in [2.05, 4.69) is 43.3 Å². The van der Waals surface area contributed by atoms with Crippen molar-refractivity contribution in [1.29, 1.82) is 0 Å². The first-order valence-corrected chi connectivity index (χ1v) is 6.52. The lowest BCUT2D eigenvalue weighted by Gasteiger charge is -2.03. The molecule has 1 atom stereocenters. The van der Waals surface area contributed by atoms with Gasteiger partial charge in [-0.05, 0) is 34.7 Å². The van der Waals surface area contributed by atoms with Gasteiger partial charge in [-0.3, -0.25) is 4.79 Å². The Morgan fingerprint density at radius 1 is 1.11 bits per heavy atom. The molecule has 0 amide bonds. The van der Waals surface area contributed by atoms with E-state index in [1.54, 1.807) is 0 Å². The van der Waals surface area contributed by atoms with E-state index in [0.29, 0.717) is 12.3 Å². The lowest BCUT2D eigenvalue weighted by atomic mass is 10.0. The summed E-state index contributed by atoms with van der Waals surface area (Å²) in [6, 6.07) is 14.5. The van der Waals surface area contributed by atoms with Crippen LogP contribution in [0, 0.1) is 5.92 Å². The first-order valence-electron chi connectivity index (χ1n) is 6.52. The summed E-state index contributed by atoms with van der Waals surface area (Å²) in [4.78, 5) is 12.0. The molecule has 0 bridgehead atoms. The van der Waals surface area contributed by atoms with Crippen LogP contribution in [0.5, 0.6) is 0 Å². The Hall–Kier alpha value is -1.89. The molecule has 3 rings (SSSR count). The number of fused-ring (bicyclic) bond motifs is 1. The molecule has 0 N–H and O–H groups in total. The third-order valence-electron chi connectivity index (χ3n) is 3.74. The summed E-state index contributed by atoms with van der Waals surface area (Å²) in [5.74, 6) is 0.719. The second-order valence-corrected chi connectivity index (χ2v) is 4.94. The van der Waals surface area contributed by atoms with Crippen molar-refractivity contribution in [3.63, 3.8) is 0 Å². The minimum Gasteiger partial charge on any atom is -0.294 e. The molecule has 0 aromatic heterocycles. The first-order chi connectivity index (χ1) is 8.78. The molecule has 0 saturated heterocycles. The van der Waals surface area contributed by atoms with Gasteiger partial charge in [0.25, 0.3) is 0 Å². The summed E-state index contributed by atoms with van der Waals surface area (Å²) in [5.41, 5.74) is 1.97. The zero-order valence-corrected chi connectivity index (χ0v) is 10.5. The summed E-state index contributed by atoms with van der Waals surface area (Å²) in [7, 11) is 0. The van der Waals surface area contributed by atoms with E-state index < -0.39 is 0 Å². The second-order valence-electron chi connectivity index (χ2n) is 4.94. The molecule has 2 aromatic rings. The number of hydrogen-bond acceptors (Lipinski definition) is 1. The molecule has 0 spiro atoms. The van der Waals surface area contributed by atoms with E-state index in [1.165, 1.54) is 10.8 Å². The predicted molar refractivity (Wildman–Crippen MR) is 75.3 cm³/mol. The summed E-state index contributed by atoms with van der Waals surface area (Å²) >= 11 is 0. The van der Waals surface area contributed by atoms with Gasteiger partial charge in [0, 0.05) is 12.0 Å². The van der Waals surface area contributed by atoms with Crippen LogP contribution in [-0.2, 0) is 4.79 Å². The molecule has 0 heterocycles. The SMILES string of the molecule is CC[C@H]1C=C(c2ccc3ccccc3c2)C(=O)C1. The minimum absolute atomic E-state index is 0.289. The highest BCUT2D eigenvalue weighted by Gasteiger charge is 2.23. The van der Waals surface area contributed by atoms with E-state index in [4.69, 9.17) is 0 Å². The van der Waals surface area contributed by atoms with Gasteiger partial charge in [0.15, 0.2) is 5.78 Å². The molecular formula is C17H16O. The molecule has 90 valence electrons. The quantitative estimate of drug-likeness (QED) is 0.763. The normalized spacial score (nSPS) is 19.3. The van der Waals surface area contributed by atoms with Gasteiger partial charge >= 0.3 is 0 Å². The van der Waals surface area contributed by atoms with Crippen molar-refractivity contribution in [1.82, 2.24) is 0 Å². The third kappa shape index (κ3) is 1.86. The van der Waals surface area contributed by atoms with Crippen LogP contribution in [0.25, 0.3) is 16.3 Å². The summed E-state index contributed by atoms with van der Waals surface area (Å²) in [5, 5.41) is 2.42. The van der Waals surface area contributed by atoms with E-state index in [0.717, 1.165) is 17.6 Å². The van der Waals surface area contributed by atoms with E-state index in [1.807, 2.05) is 12.1 Å². The van der Waals surface area contributed by atoms with Crippen molar-refractivity contribution in [2.24, 2.45) is 5.92 Å². The Morgan fingerprint density at radius 3 is 2.61 bits per heavy atom. The number of carbonyl (C=O) groups excluding carboxylic acids is 1. The molecule has 0 radical (unpaired) electrons. The van der Waals surface area contributed by atoms with Crippen LogP contribution in [0.2, 0.25) is 0 Å². The van der Waals surface area contributed by atoms with Crippen molar-refractivity contribution >= 4 is 22.1 Å². The van der Waals surface area contributed by atoms with Crippen molar-refractivity contribution in [3.05, 3.63) is 54.1 Å². The van der Waals surface area contributed by atoms with Crippen molar-refractivity contribution in [2.75, 3.05) is 0 Å². The number of ketones is 1. The Bertz CT molecular complexity index is 637. The molecule has 0 fully saturated rings. The smallest absolute Gasteiger partial charge is 0.163 e. The number of rotatable bonds is 2. The maximum absolute atomic E-state index is 12.0. The van der Waals surface area contributed by atoms with Crippen molar-refractivity contribution < 1.29 is 4.79 Å². The molecule has 1 heteroatoms. The Kier molecular flexibility index (Phi) is 2.75. The predicted octanol–water partition coefficient (Wildman–Crippen LogP) is 4.22. The largest absolute Gasteiger partial charge is 0.294 e. The molecule has 0 saturated carbocycles. The Morgan fingerprint density at radius 2 is 1.89 bits per heavy atom. The Labute approximate surface area is 107 Å². The second kappa shape index (κ2) is 4.41. The van der Waals surface area contributed by atoms with Gasteiger partial charge in [-0.15, -0.1) is 0 Å². The van der Waals surface area contributed by atoms with Crippen LogP contribution in [0.1, 0.15) is 25.3 Å². The fourth-order valence-electron chi connectivity index (χ4n) is 2.61. The van der Waals surface area contributed by atoms with Crippen LogP contribution in [-0.4, -0.2) is 5.78 Å². The maximum Gasteiger partial charge on any atom is 0.163 e. The topological polar surface area (TPSA) is 17.1 Å². The van der Waals surface area contributed by atoms with Crippen LogP contribution in [0.4, 0.5) is 0 Å². The number of allylic oxidation sites excluding steroid dienone is 2. The van der Waals surface area contributed by atoms with Gasteiger partial charge in [-0.1, -0.05) is 49.4 Å². The zero-order chi connectivity index (χ0) is 12.5. The molecule has 1 aliphatic rings. The summed E-state index contributed by atoms with van der Waals surface area (Å²) < 4.78 is 0. The molecule has 1 aliphatic carbocycles. The summed E-state index contributed by atoms with van der Waals surface area (Å²) in [6.07, 6.45) is 3.87. The fraction of sp³-hybridized carbons (Fsp3) is 0.235. The first kappa shape index (κ1) is 11.2. The average Bonchev–Trinajstić information content (AvgIpc) is 2.79. The number of benzene rings is 2. The van der Waals surface area contributed by atoms with Crippen molar-refractivity contribution in [2.45, 2.75) is 19.8 Å². The van der Waals surface area contributed by atoms with Crippen LogP contribution in [0.15, 0.2) is 48.5 Å². The van der Waals surface area contributed by atoms with Crippen LogP contribution < -0.4 is 0 Å². The van der Waals surface area contributed by atoms with Gasteiger partial charge in [-0.25, -0.2) is 0 Å².